The summed E-state index contributed by atoms with van der Waals surface area (Å²) in [5, 5.41) is 13.7. The molecule has 47 heavy (non-hydrogen) atoms. The standard InChI is InChI=1S/C32H33F3N8O3S/c1-18(19-3-6-22(33)7-4-19)46-26-13-20(5-8-25(26)41-47(44,45)31(34)35)28-27-29(42(2)40-28)24(16-37-30(27)36)21-15-39-43(17-21)23-9-12-38-32(14-23)10-11-32/h3-8,13,15-18,23,31,38,41H,9-12,14H2,1-2H3,(H2,36,37). The van der Waals surface area contributed by atoms with Crippen molar-refractivity contribution in [2.75, 3.05) is 17.0 Å². The summed E-state index contributed by atoms with van der Waals surface area (Å²) in [5.41, 5.74) is 10.3. The SMILES string of the molecule is CC(Oc1cc(-c2nn(C)c3c(-c4cnn(C5CCNC6(CC6)C5)c4)cnc(N)c23)ccc1NS(=O)(=O)C(F)F)c1ccc(F)cc1. The predicted molar refractivity (Wildman–Crippen MR) is 172 cm³/mol. The van der Waals surface area contributed by atoms with Gasteiger partial charge >= 0.3 is 5.76 Å². The van der Waals surface area contributed by atoms with Crippen molar-refractivity contribution in [1.29, 1.82) is 0 Å². The van der Waals surface area contributed by atoms with Gasteiger partial charge in [0.2, 0.25) is 0 Å². The molecule has 4 heterocycles. The topological polar surface area (TPSA) is 142 Å². The molecule has 2 aliphatic rings. The normalized spacial score (nSPS) is 18.1. The van der Waals surface area contributed by atoms with E-state index in [0.717, 1.165) is 30.5 Å². The molecule has 2 unspecified atom stereocenters. The van der Waals surface area contributed by atoms with Gasteiger partial charge in [0, 0.05) is 41.7 Å². The molecule has 7 rings (SSSR count). The molecular formula is C32H33F3N8O3S. The molecule has 1 saturated carbocycles. The van der Waals surface area contributed by atoms with Gasteiger partial charge in [-0.05, 0) is 69.0 Å². The molecule has 2 atom stereocenters. The highest BCUT2D eigenvalue weighted by atomic mass is 32.2. The second kappa shape index (κ2) is 11.6. The van der Waals surface area contributed by atoms with E-state index in [4.69, 9.17) is 20.7 Å². The van der Waals surface area contributed by atoms with Gasteiger partial charge in [-0.1, -0.05) is 18.2 Å². The van der Waals surface area contributed by atoms with Crippen molar-refractivity contribution in [3.8, 4) is 28.1 Å². The third kappa shape index (κ3) is 5.89. The summed E-state index contributed by atoms with van der Waals surface area (Å²) in [6, 6.07) is 10.2. The van der Waals surface area contributed by atoms with Crippen LogP contribution >= 0.6 is 0 Å². The average molecular weight is 667 g/mol. The number of rotatable bonds is 9. The van der Waals surface area contributed by atoms with E-state index >= 15 is 0 Å². The lowest BCUT2D eigenvalue weighted by atomic mass is 9.97. The molecule has 0 amide bonds. The third-order valence-electron chi connectivity index (χ3n) is 9.02. The monoisotopic (exact) mass is 666 g/mol. The molecule has 3 aromatic heterocycles. The van der Waals surface area contributed by atoms with E-state index in [2.05, 4.69) is 10.3 Å². The lowest BCUT2D eigenvalue weighted by Crippen LogP contribution is -2.40. The van der Waals surface area contributed by atoms with E-state index in [0.29, 0.717) is 33.8 Å². The Bertz CT molecular complexity index is 2080. The van der Waals surface area contributed by atoms with Gasteiger partial charge in [0.15, 0.2) is 0 Å². The number of anilines is 2. The number of hydrogen-bond donors (Lipinski definition) is 3. The van der Waals surface area contributed by atoms with Gasteiger partial charge in [-0.15, -0.1) is 0 Å². The first-order chi connectivity index (χ1) is 22.4. The van der Waals surface area contributed by atoms with Crippen LogP contribution in [0.4, 0.5) is 24.7 Å². The number of fused-ring (bicyclic) bond motifs is 1. The summed E-state index contributed by atoms with van der Waals surface area (Å²) >= 11 is 0. The van der Waals surface area contributed by atoms with E-state index in [1.54, 1.807) is 24.9 Å². The van der Waals surface area contributed by atoms with Crippen molar-refractivity contribution in [2.45, 2.75) is 56.0 Å². The highest BCUT2D eigenvalue weighted by molar-refractivity contribution is 7.93. The third-order valence-corrected chi connectivity index (χ3v) is 9.99. The number of benzene rings is 2. The van der Waals surface area contributed by atoms with Crippen LogP contribution in [-0.4, -0.2) is 50.8 Å². The maximum atomic E-state index is 13.5. The number of piperidine rings is 1. The number of nitrogen functional groups attached to an aromatic ring is 1. The van der Waals surface area contributed by atoms with Gasteiger partial charge < -0.3 is 15.8 Å². The van der Waals surface area contributed by atoms with Crippen LogP contribution in [0.5, 0.6) is 5.75 Å². The molecule has 1 saturated heterocycles. The Hall–Kier alpha value is -4.63. The summed E-state index contributed by atoms with van der Waals surface area (Å²) in [7, 11) is -3.23. The summed E-state index contributed by atoms with van der Waals surface area (Å²) < 4.78 is 76.1. The van der Waals surface area contributed by atoms with E-state index in [-0.39, 0.29) is 22.8 Å². The number of sulfonamides is 1. The minimum atomic E-state index is -5.01. The first kappa shape index (κ1) is 31.0. The van der Waals surface area contributed by atoms with Gasteiger partial charge in [-0.25, -0.2) is 17.8 Å². The fourth-order valence-electron chi connectivity index (χ4n) is 6.35. The van der Waals surface area contributed by atoms with Crippen LogP contribution in [0.25, 0.3) is 33.3 Å². The molecule has 5 aromatic rings. The first-order valence-electron chi connectivity index (χ1n) is 15.2. The fraction of sp³-hybridized carbons (Fsp3) is 0.344. The van der Waals surface area contributed by atoms with Gasteiger partial charge in [0.05, 0.1) is 28.8 Å². The Labute approximate surface area is 269 Å². The Morgan fingerprint density at radius 3 is 2.62 bits per heavy atom. The van der Waals surface area contributed by atoms with Crippen LogP contribution in [0, 0.1) is 5.82 Å². The Morgan fingerprint density at radius 1 is 1.13 bits per heavy atom. The molecule has 1 spiro atoms. The van der Waals surface area contributed by atoms with Crippen molar-refractivity contribution in [3.63, 3.8) is 0 Å². The van der Waals surface area contributed by atoms with Crippen molar-refractivity contribution in [1.82, 2.24) is 29.9 Å². The second-order valence-corrected chi connectivity index (χ2v) is 13.9. The molecule has 0 radical (unpaired) electrons. The van der Waals surface area contributed by atoms with Crippen molar-refractivity contribution in [2.24, 2.45) is 7.05 Å². The van der Waals surface area contributed by atoms with E-state index in [1.165, 1.54) is 55.3 Å². The first-order valence-corrected chi connectivity index (χ1v) is 16.7. The van der Waals surface area contributed by atoms with Crippen molar-refractivity contribution in [3.05, 3.63) is 72.4 Å². The van der Waals surface area contributed by atoms with Gasteiger partial charge in [-0.2, -0.15) is 19.0 Å². The number of nitrogens with one attached hydrogen (secondary N) is 2. The second-order valence-electron chi connectivity index (χ2n) is 12.2. The zero-order valence-corrected chi connectivity index (χ0v) is 26.4. The van der Waals surface area contributed by atoms with Crippen LogP contribution in [0.3, 0.4) is 0 Å². The minimum Gasteiger partial charge on any atom is -0.484 e. The highest BCUT2D eigenvalue weighted by Crippen LogP contribution is 2.46. The van der Waals surface area contributed by atoms with Crippen LogP contribution in [0.2, 0.25) is 0 Å². The zero-order valence-electron chi connectivity index (χ0n) is 25.6. The van der Waals surface area contributed by atoms with Gasteiger partial charge in [0.1, 0.15) is 29.2 Å². The summed E-state index contributed by atoms with van der Waals surface area (Å²) in [6.07, 6.45) is 9.23. The number of nitrogens with zero attached hydrogens (tertiary/aromatic N) is 5. The largest absolute Gasteiger partial charge is 0.484 e. The zero-order chi connectivity index (χ0) is 33.1. The van der Waals surface area contributed by atoms with Crippen molar-refractivity contribution >= 4 is 32.4 Å². The number of pyridine rings is 1. The number of aryl methyl sites for hydroxylation is 1. The number of halogens is 3. The summed E-state index contributed by atoms with van der Waals surface area (Å²) in [5.74, 6) is -3.92. The van der Waals surface area contributed by atoms with Gasteiger partial charge in [-0.3, -0.25) is 14.1 Å². The van der Waals surface area contributed by atoms with Crippen LogP contribution < -0.4 is 20.5 Å². The number of aromatic nitrogens is 5. The smallest absolute Gasteiger partial charge is 0.355 e. The van der Waals surface area contributed by atoms with E-state index < -0.39 is 27.7 Å². The summed E-state index contributed by atoms with van der Waals surface area (Å²) in [6.45, 7) is 2.62. The maximum Gasteiger partial charge on any atom is 0.355 e. The molecule has 1 aliphatic carbocycles. The number of alkyl halides is 2. The lowest BCUT2D eigenvalue weighted by Gasteiger charge is -2.30. The minimum absolute atomic E-state index is 0.0401. The van der Waals surface area contributed by atoms with E-state index in [9.17, 15) is 21.6 Å². The summed E-state index contributed by atoms with van der Waals surface area (Å²) in [4.78, 5) is 4.48. The molecule has 2 fully saturated rings. The fourth-order valence-corrected chi connectivity index (χ4v) is 6.92. The molecule has 246 valence electrons. The quantitative estimate of drug-likeness (QED) is 0.180. The van der Waals surface area contributed by atoms with Crippen LogP contribution in [0.1, 0.15) is 50.3 Å². The number of ether oxygens (including phenoxy) is 1. The number of nitrogens with two attached hydrogens (primary N) is 1. The van der Waals surface area contributed by atoms with Crippen LogP contribution in [-0.2, 0) is 17.1 Å². The Morgan fingerprint density at radius 2 is 1.89 bits per heavy atom. The lowest BCUT2D eigenvalue weighted by molar-refractivity contribution is 0.228. The molecule has 0 bridgehead atoms. The Balaban J connectivity index is 1.28. The Kier molecular flexibility index (Phi) is 7.62. The van der Waals surface area contributed by atoms with Gasteiger partial charge in [0.25, 0.3) is 10.0 Å². The molecule has 2 aromatic carbocycles. The van der Waals surface area contributed by atoms with Crippen molar-refractivity contribution < 1.29 is 26.3 Å². The van der Waals surface area contributed by atoms with E-state index in [1.807, 2.05) is 21.8 Å². The molecular weight excluding hydrogens is 633 g/mol. The molecule has 1 aliphatic heterocycles. The molecule has 15 heteroatoms. The molecule has 11 nitrogen and oxygen atoms in total. The number of hydrogen-bond acceptors (Lipinski definition) is 8. The maximum absolute atomic E-state index is 13.5. The highest BCUT2D eigenvalue weighted by Gasteiger charge is 2.46. The predicted octanol–water partition coefficient (Wildman–Crippen LogP) is 5.78. The van der Waals surface area contributed by atoms with Crippen LogP contribution in [0.15, 0.2) is 61.1 Å². The average Bonchev–Trinajstić information content (AvgIpc) is 3.42. The molecule has 4 N–H and O–H groups in total.